The summed E-state index contributed by atoms with van der Waals surface area (Å²) in [7, 11) is 0. The monoisotopic (exact) mass is 272 g/mol. The summed E-state index contributed by atoms with van der Waals surface area (Å²) in [6, 6.07) is 4.96. The number of rotatable bonds is 4. The Balaban J connectivity index is 2.31. The lowest BCUT2D eigenvalue weighted by atomic mass is 9.87. The SMILES string of the molecule is CCC(=O)C1(C(O)c2ccc(Cl)cc2Cl)CC1. The van der Waals surface area contributed by atoms with Crippen molar-refractivity contribution in [2.24, 2.45) is 5.41 Å². The zero-order valence-electron chi connectivity index (χ0n) is 9.54. The van der Waals surface area contributed by atoms with Gasteiger partial charge in [0.25, 0.3) is 0 Å². The van der Waals surface area contributed by atoms with Gasteiger partial charge >= 0.3 is 0 Å². The molecule has 0 saturated heterocycles. The van der Waals surface area contributed by atoms with Gasteiger partial charge in [-0.05, 0) is 25.0 Å². The van der Waals surface area contributed by atoms with E-state index >= 15 is 0 Å². The highest BCUT2D eigenvalue weighted by Crippen LogP contribution is 2.57. The number of hydrogen-bond donors (Lipinski definition) is 1. The van der Waals surface area contributed by atoms with Crippen LogP contribution in [0.25, 0.3) is 0 Å². The summed E-state index contributed by atoms with van der Waals surface area (Å²) in [6.45, 7) is 1.82. The Morgan fingerprint density at radius 1 is 1.47 bits per heavy atom. The maximum atomic E-state index is 11.9. The molecule has 1 unspecified atom stereocenters. The molecular formula is C13H14Cl2O2. The lowest BCUT2D eigenvalue weighted by Gasteiger charge is -2.22. The van der Waals surface area contributed by atoms with Crippen LogP contribution in [-0.2, 0) is 4.79 Å². The normalized spacial score (nSPS) is 18.8. The predicted octanol–water partition coefficient (Wildman–Crippen LogP) is 3.79. The van der Waals surface area contributed by atoms with Crippen molar-refractivity contribution in [3.63, 3.8) is 0 Å². The fourth-order valence-electron chi connectivity index (χ4n) is 2.21. The van der Waals surface area contributed by atoms with Gasteiger partial charge in [-0.25, -0.2) is 0 Å². The predicted molar refractivity (Wildman–Crippen MR) is 68.4 cm³/mol. The van der Waals surface area contributed by atoms with Gasteiger partial charge in [-0.15, -0.1) is 0 Å². The number of hydrogen-bond acceptors (Lipinski definition) is 2. The lowest BCUT2D eigenvalue weighted by molar-refractivity contribution is -0.128. The molecule has 0 radical (unpaired) electrons. The molecule has 4 heteroatoms. The summed E-state index contributed by atoms with van der Waals surface area (Å²) in [6.07, 6.45) is 1.10. The molecule has 1 aliphatic rings. The molecule has 92 valence electrons. The van der Waals surface area contributed by atoms with Crippen LogP contribution in [0.1, 0.15) is 37.9 Å². The largest absolute Gasteiger partial charge is 0.387 e. The van der Waals surface area contributed by atoms with Gasteiger partial charge in [-0.3, -0.25) is 4.79 Å². The topological polar surface area (TPSA) is 37.3 Å². The number of carbonyl (C=O) groups excluding carboxylic acids is 1. The van der Waals surface area contributed by atoms with Crippen LogP contribution in [-0.4, -0.2) is 10.9 Å². The molecule has 17 heavy (non-hydrogen) atoms. The zero-order valence-corrected chi connectivity index (χ0v) is 11.1. The Morgan fingerprint density at radius 3 is 2.59 bits per heavy atom. The third kappa shape index (κ3) is 2.22. The smallest absolute Gasteiger partial charge is 0.141 e. The van der Waals surface area contributed by atoms with E-state index in [4.69, 9.17) is 23.2 Å². The number of carbonyl (C=O) groups is 1. The van der Waals surface area contributed by atoms with Crippen LogP contribution in [0.15, 0.2) is 18.2 Å². The van der Waals surface area contributed by atoms with Crippen molar-refractivity contribution in [3.8, 4) is 0 Å². The molecule has 1 aromatic carbocycles. The van der Waals surface area contributed by atoms with Crippen molar-refractivity contribution < 1.29 is 9.90 Å². The van der Waals surface area contributed by atoms with E-state index < -0.39 is 11.5 Å². The molecule has 0 heterocycles. The standard InChI is InChI=1S/C13H14Cl2O2/c1-2-11(16)13(5-6-13)12(17)9-4-3-8(14)7-10(9)15/h3-4,7,12,17H,2,5-6H2,1H3. The Hall–Kier alpha value is -0.570. The molecule has 0 aromatic heterocycles. The number of halogens is 2. The average Bonchev–Trinajstić information content (AvgIpc) is 3.08. The Labute approximate surface area is 111 Å². The molecule has 1 saturated carbocycles. The Bertz CT molecular complexity index is 453. The van der Waals surface area contributed by atoms with E-state index in [1.54, 1.807) is 18.2 Å². The van der Waals surface area contributed by atoms with E-state index in [2.05, 4.69) is 0 Å². The van der Waals surface area contributed by atoms with E-state index in [1.165, 1.54) is 0 Å². The van der Waals surface area contributed by atoms with Crippen LogP contribution in [0.2, 0.25) is 10.0 Å². The van der Waals surface area contributed by atoms with E-state index in [0.717, 1.165) is 12.8 Å². The van der Waals surface area contributed by atoms with Crippen LogP contribution in [0.5, 0.6) is 0 Å². The van der Waals surface area contributed by atoms with E-state index in [0.29, 0.717) is 22.0 Å². The number of ketones is 1. The summed E-state index contributed by atoms with van der Waals surface area (Å²) in [5, 5.41) is 11.3. The second kappa shape index (κ2) is 4.60. The molecule has 0 spiro atoms. The minimum Gasteiger partial charge on any atom is -0.387 e. The van der Waals surface area contributed by atoms with Crippen molar-refractivity contribution in [1.82, 2.24) is 0 Å². The first kappa shape index (κ1) is 12.9. The van der Waals surface area contributed by atoms with Gasteiger partial charge in [0.05, 0.1) is 11.5 Å². The van der Waals surface area contributed by atoms with E-state index in [9.17, 15) is 9.90 Å². The Kier molecular flexibility index (Phi) is 3.48. The third-order valence-electron chi connectivity index (χ3n) is 3.45. The van der Waals surface area contributed by atoms with Gasteiger partial charge in [0.2, 0.25) is 0 Å². The molecule has 0 aliphatic heterocycles. The second-order valence-electron chi connectivity index (χ2n) is 4.50. The van der Waals surface area contributed by atoms with E-state index in [-0.39, 0.29) is 5.78 Å². The molecule has 0 amide bonds. The van der Waals surface area contributed by atoms with Gasteiger partial charge < -0.3 is 5.11 Å². The quantitative estimate of drug-likeness (QED) is 0.906. The van der Waals surface area contributed by atoms with Crippen molar-refractivity contribution in [1.29, 1.82) is 0 Å². The summed E-state index contributed by atoms with van der Waals surface area (Å²) < 4.78 is 0. The van der Waals surface area contributed by atoms with E-state index in [1.807, 2.05) is 6.92 Å². The molecule has 0 bridgehead atoms. The average molecular weight is 273 g/mol. The number of Topliss-reactive ketones (excluding diaryl/α,β-unsaturated/α-hetero) is 1. The lowest BCUT2D eigenvalue weighted by Crippen LogP contribution is -2.23. The second-order valence-corrected chi connectivity index (χ2v) is 5.34. The highest BCUT2D eigenvalue weighted by molar-refractivity contribution is 6.35. The van der Waals surface area contributed by atoms with Gasteiger partial charge in [0.15, 0.2) is 0 Å². The summed E-state index contributed by atoms with van der Waals surface area (Å²) in [5.41, 5.74) is -0.0120. The minimum atomic E-state index is -0.820. The van der Waals surface area contributed by atoms with Gasteiger partial charge in [0, 0.05) is 22.0 Å². The fraction of sp³-hybridized carbons (Fsp3) is 0.462. The van der Waals surface area contributed by atoms with Gasteiger partial charge in [0.1, 0.15) is 5.78 Å². The molecule has 1 fully saturated rings. The number of aliphatic hydroxyl groups excluding tert-OH is 1. The highest BCUT2D eigenvalue weighted by atomic mass is 35.5. The van der Waals surface area contributed by atoms with Gasteiger partial charge in [-0.2, -0.15) is 0 Å². The highest BCUT2D eigenvalue weighted by Gasteiger charge is 2.54. The molecule has 1 atom stereocenters. The molecule has 1 N–H and O–H groups in total. The molecule has 2 rings (SSSR count). The van der Waals surface area contributed by atoms with Crippen molar-refractivity contribution in [3.05, 3.63) is 33.8 Å². The van der Waals surface area contributed by atoms with Crippen LogP contribution in [0.4, 0.5) is 0 Å². The molecular weight excluding hydrogens is 259 g/mol. The third-order valence-corrected chi connectivity index (χ3v) is 4.01. The van der Waals surface area contributed by atoms with Crippen LogP contribution in [0, 0.1) is 5.41 Å². The maximum Gasteiger partial charge on any atom is 0.141 e. The summed E-state index contributed by atoms with van der Waals surface area (Å²) in [5.74, 6) is 0.107. The zero-order chi connectivity index (χ0) is 12.6. The molecule has 2 nitrogen and oxygen atoms in total. The first-order valence-corrected chi connectivity index (χ1v) is 6.43. The van der Waals surface area contributed by atoms with Crippen LogP contribution in [0.3, 0.4) is 0 Å². The minimum absolute atomic E-state index is 0.107. The maximum absolute atomic E-state index is 11.9. The van der Waals surface area contributed by atoms with Crippen molar-refractivity contribution in [2.75, 3.05) is 0 Å². The van der Waals surface area contributed by atoms with Crippen LogP contribution >= 0.6 is 23.2 Å². The summed E-state index contributed by atoms with van der Waals surface area (Å²) in [4.78, 5) is 11.9. The first-order chi connectivity index (χ1) is 8.01. The molecule has 1 aliphatic carbocycles. The van der Waals surface area contributed by atoms with Crippen LogP contribution < -0.4 is 0 Å². The first-order valence-electron chi connectivity index (χ1n) is 5.67. The number of benzene rings is 1. The van der Waals surface area contributed by atoms with Crippen molar-refractivity contribution in [2.45, 2.75) is 32.3 Å². The summed E-state index contributed by atoms with van der Waals surface area (Å²) >= 11 is 11.9. The Morgan fingerprint density at radius 2 is 2.12 bits per heavy atom. The number of aliphatic hydroxyl groups is 1. The molecule has 1 aromatic rings. The fourth-order valence-corrected chi connectivity index (χ4v) is 2.72. The van der Waals surface area contributed by atoms with Gasteiger partial charge in [-0.1, -0.05) is 36.2 Å². The van der Waals surface area contributed by atoms with Crippen molar-refractivity contribution >= 4 is 29.0 Å².